The van der Waals surface area contributed by atoms with E-state index in [4.69, 9.17) is 0 Å². The van der Waals surface area contributed by atoms with Crippen LogP contribution in [0, 0.1) is 18.8 Å². The molecule has 0 radical (unpaired) electrons. The molecular weight excluding hydrogens is 372 g/mol. The number of hydrogen-bond acceptors (Lipinski definition) is 3. The number of rotatable bonds is 4. The molecule has 2 bridgehead atoms. The Labute approximate surface area is 180 Å². The zero-order valence-electron chi connectivity index (χ0n) is 18.7. The second kappa shape index (κ2) is 8.01. The number of amides is 1. The van der Waals surface area contributed by atoms with Gasteiger partial charge in [-0.25, -0.2) is 0 Å². The normalized spacial score (nSPS) is 29.4. The van der Waals surface area contributed by atoms with E-state index in [0.29, 0.717) is 36.2 Å². The topological polar surface area (TPSA) is 42.6 Å². The predicted octanol–water partition coefficient (Wildman–Crippen LogP) is 3.28. The molecule has 0 unspecified atom stereocenters. The molecule has 5 rings (SSSR count). The lowest BCUT2D eigenvalue weighted by Gasteiger charge is -2.57. The minimum Gasteiger partial charge on any atom is -0.358 e. The quantitative estimate of drug-likeness (QED) is 0.844. The molecule has 4 atom stereocenters. The smallest absolute Gasteiger partial charge is 0.227 e. The van der Waals surface area contributed by atoms with Gasteiger partial charge in [0, 0.05) is 48.3 Å². The predicted molar refractivity (Wildman–Crippen MR) is 122 cm³/mol. The number of piperidine rings is 3. The number of carbonyl (C=O) groups excluding carboxylic acids is 1. The van der Waals surface area contributed by atoms with Gasteiger partial charge in [-0.15, -0.1) is 0 Å². The number of aromatic amines is 1. The number of nitrogens with one attached hydrogen (secondary N) is 1. The SMILES string of the molecule is Cc1[nH]c2ccccc2c1CC(=O)N1C[C@H]2C[C@@H](C1)[C@H](CN(C)C)N1CCCC[C@@H]21. The number of aryl methyl sites for hydroxylation is 1. The number of carbonyl (C=O) groups is 1. The Morgan fingerprint density at radius 2 is 1.97 bits per heavy atom. The number of likely N-dealkylation sites (tertiary alicyclic amines) is 1. The minimum absolute atomic E-state index is 0.311. The van der Waals surface area contributed by atoms with Crippen LogP contribution >= 0.6 is 0 Å². The van der Waals surface area contributed by atoms with Crippen molar-refractivity contribution in [3.63, 3.8) is 0 Å². The first-order valence-electron chi connectivity index (χ1n) is 11.8. The summed E-state index contributed by atoms with van der Waals surface area (Å²) in [6.45, 7) is 6.34. The fourth-order valence-electron chi connectivity index (χ4n) is 6.56. The fourth-order valence-corrected chi connectivity index (χ4v) is 6.56. The number of benzene rings is 1. The van der Waals surface area contributed by atoms with Crippen LogP contribution in [0.1, 0.15) is 36.9 Å². The van der Waals surface area contributed by atoms with Gasteiger partial charge in [0.05, 0.1) is 6.42 Å². The van der Waals surface area contributed by atoms with Crippen molar-refractivity contribution < 1.29 is 4.79 Å². The third-order valence-electron chi connectivity index (χ3n) is 7.88. The Bertz CT molecular complexity index is 919. The molecule has 0 spiro atoms. The lowest BCUT2D eigenvalue weighted by atomic mass is 9.72. The van der Waals surface area contributed by atoms with Crippen molar-refractivity contribution in [3.05, 3.63) is 35.5 Å². The molecule has 0 aliphatic carbocycles. The summed E-state index contributed by atoms with van der Waals surface area (Å²) in [5.74, 6) is 1.56. The van der Waals surface area contributed by atoms with E-state index >= 15 is 0 Å². The molecular formula is C25H36N4O. The molecule has 30 heavy (non-hydrogen) atoms. The Balaban J connectivity index is 1.37. The molecule has 2 aromatic rings. The van der Waals surface area contributed by atoms with Gasteiger partial charge in [-0.3, -0.25) is 9.69 Å². The second-order valence-electron chi connectivity index (χ2n) is 10.1. The summed E-state index contributed by atoms with van der Waals surface area (Å²) in [4.78, 5) is 24.3. The summed E-state index contributed by atoms with van der Waals surface area (Å²) in [5, 5.41) is 1.20. The Kier molecular flexibility index (Phi) is 5.36. The number of aromatic nitrogens is 1. The molecule has 1 aromatic carbocycles. The van der Waals surface area contributed by atoms with Gasteiger partial charge in [0.1, 0.15) is 0 Å². The number of para-hydroxylation sites is 1. The molecule has 1 N–H and O–H groups in total. The zero-order chi connectivity index (χ0) is 20.8. The van der Waals surface area contributed by atoms with Crippen LogP contribution in [0.5, 0.6) is 0 Å². The van der Waals surface area contributed by atoms with E-state index in [1.54, 1.807) is 0 Å². The minimum atomic E-state index is 0.311. The molecule has 5 heteroatoms. The summed E-state index contributed by atoms with van der Waals surface area (Å²) < 4.78 is 0. The van der Waals surface area contributed by atoms with Gasteiger partial charge >= 0.3 is 0 Å². The number of nitrogens with zero attached hydrogens (tertiary/aromatic N) is 3. The highest BCUT2D eigenvalue weighted by Gasteiger charge is 2.47. The van der Waals surface area contributed by atoms with Gasteiger partial charge in [0.15, 0.2) is 0 Å². The maximum atomic E-state index is 13.5. The molecule has 3 saturated heterocycles. The zero-order valence-corrected chi connectivity index (χ0v) is 18.7. The standard InChI is InChI=1S/C25H36N4O/c1-17-21(20-8-4-5-9-22(20)26-17)13-25(30)28-14-18-12-19(15-28)24(16-27(2)3)29-11-7-6-10-23(18)29/h4-5,8-9,18-19,23-24,26H,6-7,10-16H2,1-3H3/t18-,19+,23+,24+/m1/s1. The Morgan fingerprint density at radius 1 is 1.17 bits per heavy atom. The van der Waals surface area contributed by atoms with Gasteiger partial charge in [0.2, 0.25) is 5.91 Å². The van der Waals surface area contributed by atoms with Gasteiger partial charge < -0.3 is 14.8 Å². The van der Waals surface area contributed by atoms with Crippen molar-refractivity contribution in [3.8, 4) is 0 Å². The van der Waals surface area contributed by atoms with Crippen LogP contribution in [0.2, 0.25) is 0 Å². The van der Waals surface area contributed by atoms with E-state index in [0.717, 1.165) is 30.8 Å². The number of hydrogen-bond donors (Lipinski definition) is 1. The Morgan fingerprint density at radius 3 is 2.80 bits per heavy atom. The summed E-state index contributed by atoms with van der Waals surface area (Å²) in [6.07, 6.45) is 5.81. The maximum Gasteiger partial charge on any atom is 0.227 e. The van der Waals surface area contributed by atoms with Crippen LogP contribution in [-0.4, -0.2) is 77.9 Å². The van der Waals surface area contributed by atoms with E-state index in [1.165, 1.54) is 43.2 Å². The lowest BCUT2D eigenvalue weighted by Crippen LogP contribution is -2.66. The molecule has 4 heterocycles. The molecule has 5 nitrogen and oxygen atoms in total. The average molecular weight is 409 g/mol. The number of fused-ring (bicyclic) bond motifs is 5. The first-order valence-corrected chi connectivity index (χ1v) is 11.8. The van der Waals surface area contributed by atoms with Crippen LogP contribution in [-0.2, 0) is 11.2 Å². The molecule has 3 fully saturated rings. The van der Waals surface area contributed by atoms with Gasteiger partial charge in [0.25, 0.3) is 0 Å². The van der Waals surface area contributed by atoms with Crippen molar-refractivity contribution in [1.29, 1.82) is 0 Å². The molecule has 162 valence electrons. The monoisotopic (exact) mass is 408 g/mol. The van der Waals surface area contributed by atoms with E-state index in [2.05, 4.69) is 65.0 Å². The van der Waals surface area contributed by atoms with Gasteiger partial charge in [-0.1, -0.05) is 24.6 Å². The van der Waals surface area contributed by atoms with Crippen molar-refractivity contribution in [2.45, 2.75) is 51.1 Å². The Hall–Kier alpha value is -1.85. The average Bonchev–Trinajstić information content (AvgIpc) is 3.06. The third kappa shape index (κ3) is 3.56. The summed E-state index contributed by atoms with van der Waals surface area (Å²) in [5.41, 5.74) is 3.44. The van der Waals surface area contributed by atoms with E-state index < -0.39 is 0 Å². The maximum absolute atomic E-state index is 13.5. The van der Waals surface area contributed by atoms with Crippen LogP contribution < -0.4 is 0 Å². The van der Waals surface area contributed by atoms with Crippen LogP contribution in [0.3, 0.4) is 0 Å². The van der Waals surface area contributed by atoms with Crippen molar-refractivity contribution in [2.24, 2.45) is 11.8 Å². The highest BCUT2D eigenvalue weighted by atomic mass is 16.2. The molecule has 3 aliphatic rings. The summed E-state index contributed by atoms with van der Waals surface area (Å²) in [7, 11) is 4.38. The second-order valence-corrected chi connectivity index (χ2v) is 10.1. The van der Waals surface area contributed by atoms with E-state index in [9.17, 15) is 4.79 Å². The van der Waals surface area contributed by atoms with Crippen molar-refractivity contribution in [2.75, 3.05) is 40.3 Å². The van der Waals surface area contributed by atoms with Crippen molar-refractivity contribution in [1.82, 2.24) is 19.7 Å². The van der Waals surface area contributed by atoms with E-state index in [-0.39, 0.29) is 0 Å². The molecule has 1 amide bonds. The van der Waals surface area contributed by atoms with Crippen LogP contribution in [0.25, 0.3) is 10.9 Å². The molecule has 0 saturated carbocycles. The molecule has 3 aliphatic heterocycles. The van der Waals surface area contributed by atoms with E-state index in [1.807, 2.05) is 0 Å². The van der Waals surface area contributed by atoms with Crippen LogP contribution in [0.15, 0.2) is 24.3 Å². The van der Waals surface area contributed by atoms with Gasteiger partial charge in [-0.05, 0) is 70.3 Å². The fraction of sp³-hybridized carbons (Fsp3) is 0.640. The van der Waals surface area contributed by atoms with Crippen molar-refractivity contribution >= 4 is 16.8 Å². The first kappa shape index (κ1) is 20.1. The lowest BCUT2D eigenvalue weighted by molar-refractivity contribution is -0.140. The largest absolute Gasteiger partial charge is 0.358 e. The number of H-pyrrole nitrogens is 1. The summed E-state index contributed by atoms with van der Waals surface area (Å²) in [6, 6.07) is 9.62. The third-order valence-corrected chi connectivity index (χ3v) is 7.88. The highest BCUT2D eigenvalue weighted by molar-refractivity contribution is 5.90. The van der Waals surface area contributed by atoms with Gasteiger partial charge in [-0.2, -0.15) is 0 Å². The van der Waals surface area contributed by atoms with Crippen LogP contribution in [0.4, 0.5) is 0 Å². The highest BCUT2D eigenvalue weighted by Crippen LogP contribution is 2.41. The summed E-state index contributed by atoms with van der Waals surface area (Å²) >= 11 is 0. The number of likely N-dealkylation sites (N-methyl/N-ethyl adjacent to an activating group) is 1. The molecule has 1 aromatic heterocycles. The first-order chi connectivity index (χ1) is 14.5.